The van der Waals surface area contributed by atoms with Gasteiger partial charge in [-0.15, -0.1) is 34.5 Å². The van der Waals surface area contributed by atoms with Crippen LogP contribution in [0.1, 0.15) is 70.0 Å². The summed E-state index contributed by atoms with van der Waals surface area (Å²) in [6, 6.07) is 52.4. The topological polar surface area (TPSA) is 30.7 Å². The minimum absolute atomic E-state index is 0. The SMILES string of the molecule is CC(C)c1cccc(C(C)C)c1-n1c(-c2[c-]ccc3c2sc2nc4c(ccc5ccccc54)cc23)nc2ccccc21.[2H]C([2H])([2H])c1c[c-]c(-c2[c-]cc([Si](C)(C)C)c(C([2H])([2H])[2H])c2)cc1.[Ir+3]. The van der Waals surface area contributed by atoms with Crippen LogP contribution in [-0.4, -0.2) is 22.6 Å². The number of pyridine rings is 1. The number of hydrogen-bond acceptors (Lipinski definition) is 3. The van der Waals surface area contributed by atoms with Gasteiger partial charge in [-0.05, 0) is 51.2 Å². The van der Waals surface area contributed by atoms with Crippen LogP contribution in [0.25, 0.3) is 81.2 Å². The van der Waals surface area contributed by atoms with Gasteiger partial charge >= 0.3 is 20.1 Å². The summed E-state index contributed by atoms with van der Waals surface area (Å²) in [6.45, 7) is 11.0. The molecular weight excluding hydrogens is 955 g/mol. The second-order valence-electron chi connectivity index (χ2n) is 17.2. The van der Waals surface area contributed by atoms with Crippen LogP contribution in [0.3, 0.4) is 0 Å². The van der Waals surface area contributed by atoms with Gasteiger partial charge in [0.05, 0.1) is 22.4 Å². The summed E-state index contributed by atoms with van der Waals surface area (Å²) in [5.41, 5.74) is 9.88. The quantitative estimate of drug-likeness (QED) is 0.0944. The number of thiophene rings is 1. The van der Waals surface area contributed by atoms with Gasteiger partial charge in [0.25, 0.3) is 0 Å². The number of imidazole rings is 1. The maximum Gasteiger partial charge on any atom is 3.00 e. The van der Waals surface area contributed by atoms with Gasteiger partial charge in [-0.1, -0.05) is 139 Å². The molecule has 0 atom stereocenters. The van der Waals surface area contributed by atoms with Gasteiger partial charge in [0.15, 0.2) is 0 Å². The van der Waals surface area contributed by atoms with E-state index in [0.717, 1.165) is 43.3 Å². The molecule has 304 valence electrons. The predicted octanol–water partition coefficient (Wildman–Crippen LogP) is 14.9. The van der Waals surface area contributed by atoms with Crippen LogP contribution < -0.4 is 5.19 Å². The van der Waals surface area contributed by atoms with Crippen molar-refractivity contribution in [1.82, 2.24) is 14.5 Å². The fraction of sp³-hybridized carbons (Fsp3) is 0.200. The zero-order valence-electron chi connectivity index (χ0n) is 41.4. The summed E-state index contributed by atoms with van der Waals surface area (Å²) in [5, 5.41) is 6.81. The molecule has 3 aromatic heterocycles. The van der Waals surface area contributed by atoms with Crippen LogP contribution in [0, 0.1) is 31.9 Å². The molecule has 6 heteroatoms. The molecule has 0 N–H and O–H groups in total. The number of aromatic nitrogens is 3. The first-order chi connectivity index (χ1) is 31.3. The van der Waals surface area contributed by atoms with Gasteiger partial charge in [-0.25, -0.2) is 16.1 Å². The van der Waals surface area contributed by atoms with Crippen molar-refractivity contribution < 1.29 is 28.3 Å². The number of fused-ring (bicyclic) bond motifs is 7. The van der Waals surface area contributed by atoms with Crippen molar-refractivity contribution in [2.45, 2.75) is 72.9 Å². The average Bonchev–Trinajstić information content (AvgIpc) is 3.85. The fourth-order valence-corrected chi connectivity index (χ4v) is 10.8. The van der Waals surface area contributed by atoms with E-state index in [-0.39, 0.29) is 25.7 Å². The summed E-state index contributed by atoms with van der Waals surface area (Å²) < 4.78 is 49.2. The fourth-order valence-electron chi connectivity index (χ4n) is 8.28. The molecule has 0 aliphatic rings. The molecule has 0 aliphatic carbocycles. The van der Waals surface area contributed by atoms with Crippen molar-refractivity contribution in [1.29, 1.82) is 0 Å². The Morgan fingerprint density at radius 1 is 0.672 bits per heavy atom. The van der Waals surface area contributed by atoms with Crippen molar-refractivity contribution in [3.63, 3.8) is 0 Å². The van der Waals surface area contributed by atoms with Gasteiger partial charge in [0.1, 0.15) is 4.83 Å². The molecule has 10 rings (SSSR count). The monoisotopic (exact) mass is 1010 g/mol. The van der Waals surface area contributed by atoms with Crippen molar-refractivity contribution in [2.75, 3.05) is 0 Å². The van der Waals surface area contributed by atoms with Gasteiger partial charge < -0.3 is 4.57 Å². The van der Waals surface area contributed by atoms with Crippen molar-refractivity contribution in [2.24, 2.45) is 0 Å². The molecule has 3 heterocycles. The Morgan fingerprint density at radius 3 is 2.13 bits per heavy atom. The van der Waals surface area contributed by atoms with Crippen molar-refractivity contribution >= 4 is 77.6 Å². The molecule has 0 fully saturated rings. The van der Waals surface area contributed by atoms with Crippen LogP contribution in [0.5, 0.6) is 0 Å². The summed E-state index contributed by atoms with van der Waals surface area (Å²) in [4.78, 5) is 11.6. The second-order valence-corrected chi connectivity index (χ2v) is 23.2. The van der Waals surface area contributed by atoms with Crippen molar-refractivity contribution in [3.05, 3.63) is 168 Å². The molecule has 0 spiro atoms. The number of nitrogens with zero attached hydrogens (tertiary/aromatic N) is 3. The Balaban J connectivity index is 0.000000209. The summed E-state index contributed by atoms with van der Waals surface area (Å²) in [5.74, 6) is 1.66. The van der Waals surface area contributed by atoms with Crippen molar-refractivity contribution in [3.8, 4) is 28.2 Å². The number of hydrogen-bond donors (Lipinski definition) is 0. The molecule has 61 heavy (non-hydrogen) atoms. The third-order valence-corrected chi connectivity index (χ3v) is 14.5. The van der Waals surface area contributed by atoms with E-state index in [1.54, 1.807) is 29.5 Å². The van der Waals surface area contributed by atoms with E-state index in [2.05, 4.69) is 167 Å². The zero-order valence-corrected chi connectivity index (χ0v) is 39.6. The van der Waals surface area contributed by atoms with Crippen LogP contribution in [0.4, 0.5) is 0 Å². The van der Waals surface area contributed by atoms with E-state index < -0.39 is 21.8 Å². The molecule has 0 unspecified atom stereocenters. The Hall–Kier alpha value is -5.23. The van der Waals surface area contributed by atoms with Crippen LogP contribution in [0.15, 0.2) is 127 Å². The standard InChI is InChI=1S/C38H30N3S.C17H20Si.Ir/c1-22(2)26-13-9-14-27(23(3)4)35(26)41-33-18-8-7-17-32(33)39-37(41)30-16-10-15-29-31-21-25-20-19-24-11-5-6-12-28(24)34(25)40-38(31)42-36(29)30;1-13-6-8-15(9-7-13)16-10-11-17(14(2)12-16)18(3,4)5;/h5-15,17-23H,1-4H3;6-8,11-12H,1-5H3;/q-1;-2;+3/i;1D3,2D3;. The van der Waals surface area contributed by atoms with E-state index in [0.29, 0.717) is 28.5 Å². The number of para-hydroxylation sites is 3. The Kier molecular flexibility index (Phi) is 9.80. The first kappa shape index (κ1) is 35.4. The summed E-state index contributed by atoms with van der Waals surface area (Å²) in [7, 11) is -1.82. The van der Waals surface area contributed by atoms with Gasteiger partial charge in [-0.2, -0.15) is 53.8 Å². The molecule has 0 saturated heterocycles. The van der Waals surface area contributed by atoms with E-state index in [1.807, 2.05) is 0 Å². The van der Waals surface area contributed by atoms with Gasteiger partial charge in [-0.3, -0.25) is 4.98 Å². The smallest absolute Gasteiger partial charge is 0.333 e. The average molecular weight is 1010 g/mol. The van der Waals surface area contributed by atoms with Gasteiger partial charge in [0, 0.05) is 38.1 Å². The van der Waals surface area contributed by atoms with Crippen LogP contribution in [0.2, 0.25) is 19.6 Å². The minimum Gasteiger partial charge on any atom is -0.333 e. The normalized spacial score (nSPS) is 13.7. The molecule has 0 saturated carbocycles. The molecule has 0 radical (unpaired) electrons. The molecule has 7 aromatic carbocycles. The molecular formula is C55H50IrN3SSi. The Morgan fingerprint density at radius 2 is 1.41 bits per heavy atom. The maximum absolute atomic E-state index is 7.83. The number of aryl methyl sites for hydroxylation is 2. The number of benzene rings is 7. The summed E-state index contributed by atoms with van der Waals surface area (Å²) in [6.07, 6.45) is 0. The molecule has 0 bridgehead atoms. The van der Waals surface area contributed by atoms with Crippen LogP contribution in [-0.2, 0) is 20.1 Å². The third kappa shape index (κ3) is 7.92. The molecule has 3 nitrogen and oxygen atoms in total. The number of rotatable bonds is 6. The molecule has 0 aliphatic heterocycles. The zero-order chi connectivity index (χ0) is 46.9. The first-order valence-corrected chi connectivity index (χ1v) is 24.9. The van der Waals surface area contributed by atoms with E-state index in [1.165, 1.54) is 55.2 Å². The molecule has 0 amide bonds. The largest absolute Gasteiger partial charge is 3.00 e. The minimum atomic E-state index is -2.20. The maximum atomic E-state index is 7.83. The van der Waals surface area contributed by atoms with Crippen LogP contribution >= 0.6 is 11.3 Å². The second kappa shape index (κ2) is 16.9. The van der Waals surface area contributed by atoms with E-state index >= 15 is 0 Å². The first-order valence-electron chi connectivity index (χ1n) is 23.6. The Bertz CT molecular complexity index is 3430. The molecule has 10 aromatic rings. The van der Waals surface area contributed by atoms with E-state index in [4.69, 9.17) is 18.2 Å². The van der Waals surface area contributed by atoms with E-state index in [9.17, 15) is 0 Å². The summed E-state index contributed by atoms with van der Waals surface area (Å²) >= 11 is 1.75. The third-order valence-electron chi connectivity index (χ3n) is 11.3. The van der Waals surface area contributed by atoms with Gasteiger partial charge in [0.2, 0.25) is 0 Å². The predicted molar refractivity (Wildman–Crippen MR) is 261 cm³/mol. The Labute approximate surface area is 387 Å².